The lowest BCUT2D eigenvalue weighted by Gasteiger charge is -2.38. The van der Waals surface area contributed by atoms with Crippen molar-refractivity contribution in [2.45, 2.75) is 66.0 Å². The maximum Gasteiger partial charge on any atom is 0.0169 e. The van der Waals surface area contributed by atoms with Gasteiger partial charge >= 0.3 is 0 Å². The van der Waals surface area contributed by atoms with E-state index < -0.39 is 0 Å². The van der Waals surface area contributed by atoms with Gasteiger partial charge in [-0.15, -0.1) is 0 Å². The van der Waals surface area contributed by atoms with Crippen LogP contribution in [0.5, 0.6) is 0 Å². The maximum absolute atomic E-state index is 3.88. The van der Waals surface area contributed by atoms with Crippen LogP contribution in [-0.2, 0) is 0 Å². The zero-order chi connectivity index (χ0) is 12.8. The summed E-state index contributed by atoms with van der Waals surface area (Å²) in [6, 6.07) is 1.34. The van der Waals surface area contributed by atoms with Gasteiger partial charge in [-0.3, -0.25) is 0 Å². The number of hydrogen-bond donors (Lipinski definition) is 1. The second-order valence-corrected chi connectivity index (χ2v) is 5.96. The first-order valence-electron chi connectivity index (χ1n) is 7.56. The maximum atomic E-state index is 3.88. The summed E-state index contributed by atoms with van der Waals surface area (Å²) in [4.78, 5) is 2.51. The third-order valence-electron chi connectivity index (χ3n) is 4.45. The van der Waals surface area contributed by atoms with Crippen LogP contribution in [0.15, 0.2) is 0 Å². The summed E-state index contributed by atoms with van der Waals surface area (Å²) >= 11 is 0. The fourth-order valence-electron chi connectivity index (χ4n) is 3.26. The lowest BCUT2D eigenvalue weighted by molar-refractivity contribution is 0.176. The Hall–Kier alpha value is -0.0800. The molecule has 0 amide bonds. The van der Waals surface area contributed by atoms with E-state index in [2.05, 4.69) is 44.8 Å². The van der Waals surface area contributed by atoms with E-state index >= 15 is 0 Å². The summed E-state index contributed by atoms with van der Waals surface area (Å²) in [5, 5.41) is 3.88. The van der Waals surface area contributed by atoms with Crippen molar-refractivity contribution in [3.05, 3.63) is 0 Å². The Morgan fingerprint density at radius 1 is 1.12 bits per heavy atom. The second-order valence-electron chi connectivity index (χ2n) is 5.96. The molecule has 17 heavy (non-hydrogen) atoms. The van der Waals surface area contributed by atoms with Crippen LogP contribution >= 0.6 is 0 Å². The van der Waals surface area contributed by atoms with Crippen LogP contribution in [0.3, 0.4) is 0 Å². The summed E-state index contributed by atoms with van der Waals surface area (Å²) in [6.45, 7) is 15.2. The van der Waals surface area contributed by atoms with Crippen LogP contribution in [0, 0.1) is 11.8 Å². The van der Waals surface area contributed by atoms with Crippen LogP contribution in [0.25, 0.3) is 0 Å². The Balaban J connectivity index is 2.40. The topological polar surface area (TPSA) is 15.3 Å². The van der Waals surface area contributed by atoms with Gasteiger partial charge < -0.3 is 10.2 Å². The van der Waals surface area contributed by atoms with E-state index in [1.54, 1.807) is 0 Å². The Bertz CT molecular complexity index is 191. The molecule has 1 fully saturated rings. The molecule has 0 heterocycles. The third-order valence-corrected chi connectivity index (χ3v) is 4.45. The first kappa shape index (κ1) is 15.0. The van der Waals surface area contributed by atoms with Crippen molar-refractivity contribution in [3.63, 3.8) is 0 Å². The highest BCUT2D eigenvalue weighted by atomic mass is 15.1. The van der Waals surface area contributed by atoms with Gasteiger partial charge in [-0.05, 0) is 44.7 Å². The molecule has 0 saturated heterocycles. The number of hydrogen-bond acceptors (Lipinski definition) is 2. The highest BCUT2D eigenvalue weighted by Gasteiger charge is 2.28. The highest BCUT2D eigenvalue weighted by molar-refractivity contribution is 4.85. The first-order valence-corrected chi connectivity index (χ1v) is 7.56. The van der Waals surface area contributed by atoms with Crippen LogP contribution in [0.2, 0.25) is 0 Å². The van der Waals surface area contributed by atoms with Crippen molar-refractivity contribution in [1.82, 2.24) is 10.2 Å². The van der Waals surface area contributed by atoms with E-state index in [9.17, 15) is 0 Å². The van der Waals surface area contributed by atoms with Crippen molar-refractivity contribution >= 4 is 0 Å². The lowest BCUT2D eigenvalue weighted by atomic mass is 9.78. The summed E-state index contributed by atoms with van der Waals surface area (Å²) in [5.74, 6) is 1.69. The van der Waals surface area contributed by atoms with Crippen molar-refractivity contribution in [1.29, 1.82) is 0 Å². The van der Waals surface area contributed by atoms with Crippen molar-refractivity contribution in [2.24, 2.45) is 11.8 Å². The molecule has 2 heteroatoms. The van der Waals surface area contributed by atoms with Gasteiger partial charge in [-0.2, -0.15) is 0 Å². The number of likely N-dealkylation sites (N-methyl/N-ethyl adjacent to an activating group) is 1. The van der Waals surface area contributed by atoms with Gasteiger partial charge in [0.25, 0.3) is 0 Å². The Morgan fingerprint density at radius 3 is 2.12 bits per heavy atom. The molecule has 1 rings (SSSR count). The molecule has 0 aromatic rings. The number of rotatable bonds is 6. The van der Waals surface area contributed by atoms with E-state index in [-0.39, 0.29) is 0 Å². The monoisotopic (exact) mass is 240 g/mol. The van der Waals surface area contributed by atoms with Crippen LogP contribution < -0.4 is 5.32 Å². The highest BCUT2D eigenvalue weighted by Crippen LogP contribution is 2.29. The molecule has 0 spiro atoms. The van der Waals surface area contributed by atoms with Gasteiger partial charge in [0.2, 0.25) is 0 Å². The molecule has 3 unspecified atom stereocenters. The van der Waals surface area contributed by atoms with E-state index in [1.165, 1.54) is 25.8 Å². The molecule has 102 valence electrons. The molecule has 1 aliphatic rings. The fraction of sp³-hybridized carbons (Fsp3) is 1.00. The average molecular weight is 240 g/mol. The summed E-state index contributed by atoms with van der Waals surface area (Å²) in [6.07, 6.45) is 4.23. The van der Waals surface area contributed by atoms with Crippen molar-refractivity contribution in [3.8, 4) is 0 Å². The molecule has 0 radical (unpaired) electrons. The van der Waals surface area contributed by atoms with Crippen LogP contribution in [-0.4, -0.2) is 36.6 Å². The van der Waals surface area contributed by atoms with E-state index in [4.69, 9.17) is 0 Å². The molecular formula is C15H32N2. The largest absolute Gasteiger partial charge is 0.310 e. The number of nitrogens with one attached hydrogen (secondary N) is 1. The van der Waals surface area contributed by atoms with Crippen LogP contribution in [0.4, 0.5) is 0 Å². The van der Waals surface area contributed by atoms with Gasteiger partial charge in [-0.1, -0.05) is 34.1 Å². The van der Waals surface area contributed by atoms with Gasteiger partial charge in [0.1, 0.15) is 0 Å². The standard InChI is InChI=1S/C15H32N2/c1-6-17(7-2)11-14(5)16-15-12(3)9-8-10-13(15)4/h12-16H,6-11H2,1-5H3. The zero-order valence-corrected chi connectivity index (χ0v) is 12.5. The average Bonchev–Trinajstić information content (AvgIpc) is 2.31. The van der Waals surface area contributed by atoms with Crippen molar-refractivity contribution in [2.75, 3.05) is 19.6 Å². The lowest BCUT2D eigenvalue weighted by Crippen LogP contribution is -2.50. The molecule has 0 aromatic heterocycles. The summed E-state index contributed by atoms with van der Waals surface area (Å²) in [5.41, 5.74) is 0. The van der Waals surface area contributed by atoms with Gasteiger partial charge in [0.05, 0.1) is 0 Å². The number of nitrogens with zero attached hydrogens (tertiary/aromatic N) is 1. The van der Waals surface area contributed by atoms with E-state index in [0.29, 0.717) is 6.04 Å². The molecule has 1 saturated carbocycles. The molecule has 0 aliphatic heterocycles. The van der Waals surface area contributed by atoms with Gasteiger partial charge in [0.15, 0.2) is 0 Å². The predicted octanol–water partition coefficient (Wildman–Crippen LogP) is 3.13. The summed E-state index contributed by atoms with van der Waals surface area (Å²) < 4.78 is 0. The third kappa shape index (κ3) is 4.59. The normalized spacial score (nSPS) is 31.8. The fourth-order valence-corrected chi connectivity index (χ4v) is 3.26. The van der Waals surface area contributed by atoms with Crippen molar-refractivity contribution < 1.29 is 0 Å². The molecule has 0 aromatic carbocycles. The molecule has 0 bridgehead atoms. The zero-order valence-electron chi connectivity index (χ0n) is 12.5. The smallest absolute Gasteiger partial charge is 0.0169 e. The predicted molar refractivity (Wildman–Crippen MR) is 76.4 cm³/mol. The minimum Gasteiger partial charge on any atom is -0.310 e. The summed E-state index contributed by atoms with van der Waals surface area (Å²) in [7, 11) is 0. The molecule has 3 atom stereocenters. The van der Waals surface area contributed by atoms with E-state index in [1.807, 2.05) is 0 Å². The van der Waals surface area contributed by atoms with Gasteiger partial charge in [0, 0.05) is 18.6 Å². The SMILES string of the molecule is CCN(CC)CC(C)NC1C(C)CCCC1C. The Labute approximate surface area is 108 Å². The molecule has 2 nitrogen and oxygen atoms in total. The van der Waals surface area contributed by atoms with E-state index in [0.717, 1.165) is 31.0 Å². The quantitative estimate of drug-likeness (QED) is 0.767. The van der Waals surface area contributed by atoms with Gasteiger partial charge in [-0.25, -0.2) is 0 Å². The molecular weight excluding hydrogens is 208 g/mol. The van der Waals surface area contributed by atoms with Crippen LogP contribution in [0.1, 0.15) is 53.9 Å². The molecule has 1 aliphatic carbocycles. The molecule has 1 N–H and O–H groups in total. The second kappa shape index (κ2) is 7.38. The minimum absolute atomic E-state index is 0.614. The Morgan fingerprint density at radius 2 is 1.65 bits per heavy atom. The first-order chi connectivity index (χ1) is 8.08. The minimum atomic E-state index is 0.614. The Kier molecular flexibility index (Phi) is 6.50.